The van der Waals surface area contributed by atoms with Crippen LogP contribution >= 0.6 is 11.3 Å². The Morgan fingerprint density at radius 3 is 2.94 bits per heavy atom. The second kappa shape index (κ2) is 3.99. The van der Waals surface area contributed by atoms with Crippen molar-refractivity contribution < 1.29 is 9.18 Å². The summed E-state index contributed by atoms with van der Waals surface area (Å²) in [6.07, 6.45) is 4.50. The van der Waals surface area contributed by atoms with Gasteiger partial charge in [-0.3, -0.25) is 14.3 Å². The van der Waals surface area contributed by atoms with E-state index in [-0.39, 0.29) is 5.78 Å². The molecule has 0 atom stereocenters. The highest BCUT2D eigenvalue weighted by Gasteiger charge is 2.15. The minimum absolute atomic E-state index is 0.115. The molecule has 0 saturated carbocycles. The summed E-state index contributed by atoms with van der Waals surface area (Å²) >= 11 is 1.43. The average Bonchev–Trinajstić information content (AvgIpc) is 2.93. The normalized spacial score (nSPS) is 11.0. The van der Waals surface area contributed by atoms with Gasteiger partial charge < -0.3 is 0 Å². The van der Waals surface area contributed by atoms with E-state index < -0.39 is 5.82 Å². The third kappa shape index (κ3) is 1.62. The predicted molar refractivity (Wildman–Crippen MR) is 66.7 cm³/mol. The Morgan fingerprint density at radius 2 is 2.28 bits per heavy atom. The molecule has 0 bridgehead atoms. The molecule has 18 heavy (non-hydrogen) atoms. The molecule has 0 aliphatic rings. The van der Waals surface area contributed by atoms with Crippen LogP contribution in [0, 0.1) is 5.82 Å². The summed E-state index contributed by atoms with van der Waals surface area (Å²) in [5.74, 6) is -0.567. The summed E-state index contributed by atoms with van der Waals surface area (Å²) < 4.78 is 15.0. The van der Waals surface area contributed by atoms with E-state index in [9.17, 15) is 9.18 Å². The number of nitrogens with zero attached hydrogens (tertiary/aromatic N) is 3. The first kappa shape index (κ1) is 11.0. The molecule has 0 spiro atoms. The molecule has 0 N–H and O–H groups in total. The van der Waals surface area contributed by atoms with Crippen molar-refractivity contribution in [3.8, 4) is 5.00 Å². The zero-order valence-electron chi connectivity index (χ0n) is 9.42. The Hall–Kier alpha value is -2.08. The first-order chi connectivity index (χ1) is 8.66. The Balaban J connectivity index is 2.37. The van der Waals surface area contributed by atoms with Gasteiger partial charge >= 0.3 is 0 Å². The Kier molecular flexibility index (Phi) is 2.45. The largest absolute Gasteiger partial charge is 0.294 e. The molecule has 90 valence electrons. The van der Waals surface area contributed by atoms with E-state index >= 15 is 0 Å². The molecule has 0 radical (unpaired) electrons. The third-order valence-electron chi connectivity index (χ3n) is 2.65. The molecule has 3 rings (SSSR count). The number of carbonyl (C=O) groups is 1. The first-order valence-corrected chi connectivity index (χ1v) is 6.11. The summed E-state index contributed by atoms with van der Waals surface area (Å²) in [5, 5.41) is 1.36. The van der Waals surface area contributed by atoms with Crippen molar-refractivity contribution in [1.82, 2.24) is 14.5 Å². The number of fused-ring (bicyclic) bond motifs is 1. The molecule has 0 aliphatic carbocycles. The number of rotatable bonds is 2. The maximum atomic E-state index is 13.2. The number of carbonyl (C=O) groups excluding carboxylic acids is 1. The molecule has 0 aromatic carbocycles. The standard InChI is InChI=1S/C12H8FN3OS/c1-7(17)10-5-16(11-4-14-6-18-11)12-9(10)2-8(13)3-15-12/h2-6H,1H3. The van der Waals surface area contributed by atoms with Gasteiger partial charge in [0.1, 0.15) is 16.5 Å². The maximum absolute atomic E-state index is 13.2. The zero-order valence-corrected chi connectivity index (χ0v) is 10.2. The molecule has 6 heteroatoms. The number of halogens is 1. The van der Waals surface area contributed by atoms with E-state index in [0.717, 1.165) is 11.2 Å². The highest BCUT2D eigenvalue weighted by atomic mass is 32.1. The van der Waals surface area contributed by atoms with Gasteiger partial charge in [-0.25, -0.2) is 9.37 Å². The topological polar surface area (TPSA) is 47.8 Å². The quantitative estimate of drug-likeness (QED) is 0.666. The summed E-state index contributed by atoms with van der Waals surface area (Å²) in [6, 6.07) is 1.33. The molecule has 0 aliphatic heterocycles. The number of hydrogen-bond donors (Lipinski definition) is 0. The SMILES string of the molecule is CC(=O)c1cn(-c2cncs2)c2ncc(F)cc12. The van der Waals surface area contributed by atoms with Crippen molar-refractivity contribution in [3.05, 3.63) is 41.5 Å². The molecular weight excluding hydrogens is 253 g/mol. The molecule has 3 aromatic heterocycles. The number of Topliss-reactive ketones (excluding diaryl/α,β-unsaturated/α-hetero) is 1. The van der Waals surface area contributed by atoms with Crippen LogP contribution in [0.5, 0.6) is 0 Å². The fourth-order valence-corrected chi connectivity index (χ4v) is 2.46. The Morgan fingerprint density at radius 1 is 1.44 bits per heavy atom. The number of aromatic nitrogens is 3. The minimum Gasteiger partial charge on any atom is -0.294 e. The van der Waals surface area contributed by atoms with Crippen molar-refractivity contribution in [1.29, 1.82) is 0 Å². The van der Waals surface area contributed by atoms with Gasteiger partial charge in [-0.1, -0.05) is 0 Å². The molecule has 0 unspecified atom stereocenters. The summed E-state index contributed by atoms with van der Waals surface area (Å²) in [5.41, 5.74) is 2.72. The lowest BCUT2D eigenvalue weighted by atomic mass is 10.1. The molecule has 4 nitrogen and oxygen atoms in total. The van der Waals surface area contributed by atoms with Crippen LogP contribution < -0.4 is 0 Å². The average molecular weight is 261 g/mol. The van der Waals surface area contributed by atoms with E-state index in [4.69, 9.17) is 0 Å². The van der Waals surface area contributed by atoms with Crippen molar-refractivity contribution in [3.63, 3.8) is 0 Å². The van der Waals surface area contributed by atoms with Crippen molar-refractivity contribution in [2.24, 2.45) is 0 Å². The fourth-order valence-electron chi connectivity index (χ4n) is 1.86. The number of thiazole rings is 1. The van der Waals surface area contributed by atoms with Gasteiger partial charge in [0.25, 0.3) is 0 Å². The Labute approximate surface area is 106 Å². The summed E-state index contributed by atoms with van der Waals surface area (Å²) in [7, 11) is 0. The van der Waals surface area contributed by atoms with E-state index in [1.165, 1.54) is 24.3 Å². The highest BCUT2D eigenvalue weighted by Crippen LogP contribution is 2.25. The van der Waals surface area contributed by atoms with Crippen molar-refractivity contribution >= 4 is 28.2 Å². The van der Waals surface area contributed by atoms with Crippen molar-refractivity contribution in [2.75, 3.05) is 0 Å². The highest BCUT2D eigenvalue weighted by molar-refractivity contribution is 7.12. The zero-order chi connectivity index (χ0) is 12.7. The lowest BCUT2D eigenvalue weighted by Gasteiger charge is -1.98. The number of ketones is 1. The molecule has 0 saturated heterocycles. The summed E-state index contributed by atoms with van der Waals surface area (Å²) in [6.45, 7) is 1.46. The van der Waals surface area contributed by atoms with Crippen LogP contribution in [0.1, 0.15) is 17.3 Å². The van der Waals surface area contributed by atoms with Gasteiger partial charge in [0.2, 0.25) is 0 Å². The van der Waals surface area contributed by atoms with Gasteiger partial charge in [-0.05, 0) is 13.0 Å². The first-order valence-electron chi connectivity index (χ1n) is 5.23. The minimum atomic E-state index is -0.452. The van der Waals surface area contributed by atoms with Crippen LogP contribution in [0.4, 0.5) is 4.39 Å². The molecule has 0 amide bonds. The Bertz CT molecular complexity index is 733. The van der Waals surface area contributed by atoms with Gasteiger partial charge in [0.15, 0.2) is 5.78 Å². The van der Waals surface area contributed by atoms with Crippen molar-refractivity contribution in [2.45, 2.75) is 6.92 Å². The predicted octanol–water partition coefficient (Wildman–Crippen LogP) is 2.82. The van der Waals surface area contributed by atoms with Crippen LogP contribution in [0.15, 0.2) is 30.2 Å². The smallest absolute Gasteiger partial charge is 0.162 e. The number of hydrogen-bond acceptors (Lipinski definition) is 4. The molecular formula is C12H8FN3OS. The summed E-state index contributed by atoms with van der Waals surface area (Å²) in [4.78, 5) is 19.6. The lowest BCUT2D eigenvalue weighted by Crippen LogP contribution is -1.90. The second-order valence-corrected chi connectivity index (χ2v) is 4.70. The van der Waals surface area contributed by atoms with E-state index in [2.05, 4.69) is 9.97 Å². The lowest BCUT2D eigenvalue weighted by molar-refractivity contribution is 0.101. The van der Waals surface area contributed by atoms with Crippen LogP contribution in [-0.4, -0.2) is 20.3 Å². The fraction of sp³-hybridized carbons (Fsp3) is 0.0833. The van der Waals surface area contributed by atoms with Crippen LogP contribution in [0.2, 0.25) is 0 Å². The van der Waals surface area contributed by atoms with Crippen LogP contribution in [-0.2, 0) is 0 Å². The van der Waals surface area contributed by atoms with Gasteiger partial charge in [0, 0.05) is 17.1 Å². The van der Waals surface area contributed by atoms with Crippen LogP contribution in [0.25, 0.3) is 16.0 Å². The van der Waals surface area contributed by atoms with E-state index in [1.54, 1.807) is 22.5 Å². The van der Waals surface area contributed by atoms with Crippen LogP contribution in [0.3, 0.4) is 0 Å². The molecule has 3 heterocycles. The second-order valence-electron chi connectivity index (χ2n) is 3.83. The van der Waals surface area contributed by atoms with Gasteiger partial charge in [-0.2, -0.15) is 0 Å². The monoisotopic (exact) mass is 261 g/mol. The molecule has 3 aromatic rings. The third-order valence-corrected chi connectivity index (χ3v) is 3.42. The molecule has 0 fully saturated rings. The van der Waals surface area contributed by atoms with E-state index in [1.807, 2.05) is 0 Å². The number of pyridine rings is 1. The van der Waals surface area contributed by atoms with Gasteiger partial charge in [-0.15, -0.1) is 11.3 Å². The van der Waals surface area contributed by atoms with Gasteiger partial charge in [0.05, 0.1) is 17.9 Å². The maximum Gasteiger partial charge on any atom is 0.162 e. The van der Waals surface area contributed by atoms with E-state index in [0.29, 0.717) is 16.6 Å².